The van der Waals surface area contributed by atoms with E-state index in [2.05, 4.69) is 19.7 Å². The third-order valence-corrected chi connectivity index (χ3v) is 6.12. The molecular formula is C17H21N5O2S. The number of aromatic nitrogens is 4. The van der Waals surface area contributed by atoms with E-state index in [4.69, 9.17) is 4.74 Å². The number of nitrogens with zero attached hydrogens (tertiary/aromatic N) is 5. The Bertz CT molecular complexity index is 745. The van der Waals surface area contributed by atoms with E-state index in [1.165, 1.54) is 0 Å². The molecule has 0 saturated carbocycles. The molecule has 0 unspecified atom stereocenters. The van der Waals surface area contributed by atoms with E-state index < -0.39 is 0 Å². The summed E-state index contributed by atoms with van der Waals surface area (Å²) in [6.45, 7) is 3.78. The van der Waals surface area contributed by atoms with Crippen molar-refractivity contribution in [1.82, 2.24) is 24.6 Å². The lowest BCUT2D eigenvalue weighted by molar-refractivity contribution is -0.134. The summed E-state index contributed by atoms with van der Waals surface area (Å²) in [5.41, 5.74) is 0. The van der Waals surface area contributed by atoms with Gasteiger partial charge in [-0.2, -0.15) is 0 Å². The van der Waals surface area contributed by atoms with Crippen LogP contribution in [-0.2, 0) is 17.9 Å². The average Bonchev–Trinajstić information content (AvgIpc) is 3.31. The van der Waals surface area contributed by atoms with Gasteiger partial charge in [-0.3, -0.25) is 9.78 Å². The fourth-order valence-corrected chi connectivity index (χ4v) is 4.62. The van der Waals surface area contributed by atoms with Gasteiger partial charge in [0.15, 0.2) is 11.6 Å². The van der Waals surface area contributed by atoms with Crippen LogP contribution in [0.2, 0.25) is 0 Å². The van der Waals surface area contributed by atoms with Gasteiger partial charge in [0, 0.05) is 19.3 Å². The highest BCUT2D eigenvalue weighted by molar-refractivity contribution is 8.00. The zero-order chi connectivity index (χ0) is 17.2. The van der Waals surface area contributed by atoms with Crippen LogP contribution in [0.25, 0.3) is 0 Å². The first-order chi connectivity index (χ1) is 12.2. The van der Waals surface area contributed by atoms with Crippen molar-refractivity contribution in [1.29, 1.82) is 0 Å². The first kappa shape index (κ1) is 16.4. The second kappa shape index (κ2) is 7.03. The Kier molecular flexibility index (Phi) is 4.61. The third-order valence-electron chi connectivity index (χ3n) is 4.75. The van der Waals surface area contributed by atoms with Gasteiger partial charge in [0.1, 0.15) is 12.4 Å². The maximum absolute atomic E-state index is 12.8. The SMILES string of the molecule is C[C@@H]1c2nnc(COc3cccnc3)n2CCN1C(=O)[C@@H]1CCCS1. The summed E-state index contributed by atoms with van der Waals surface area (Å²) >= 11 is 1.78. The van der Waals surface area contributed by atoms with Gasteiger partial charge >= 0.3 is 0 Å². The molecule has 8 heteroatoms. The van der Waals surface area contributed by atoms with Gasteiger partial charge in [0.2, 0.25) is 5.91 Å². The molecule has 4 rings (SSSR count). The largest absolute Gasteiger partial charge is 0.484 e. The molecule has 2 atom stereocenters. The summed E-state index contributed by atoms with van der Waals surface area (Å²) in [5.74, 6) is 3.67. The predicted octanol–water partition coefficient (Wildman–Crippen LogP) is 2.05. The number of ether oxygens (including phenoxy) is 1. The topological polar surface area (TPSA) is 73.1 Å². The zero-order valence-corrected chi connectivity index (χ0v) is 15.0. The van der Waals surface area contributed by atoms with Gasteiger partial charge in [-0.25, -0.2) is 0 Å². The van der Waals surface area contributed by atoms with Crippen molar-refractivity contribution in [3.63, 3.8) is 0 Å². The first-order valence-corrected chi connectivity index (χ1v) is 9.66. The quantitative estimate of drug-likeness (QED) is 0.832. The number of hydrogen-bond donors (Lipinski definition) is 0. The molecule has 1 amide bonds. The van der Waals surface area contributed by atoms with Crippen molar-refractivity contribution < 1.29 is 9.53 Å². The van der Waals surface area contributed by atoms with Crippen molar-refractivity contribution in [3.05, 3.63) is 36.2 Å². The number of hydrogen-bond acceptors (Lipinski definition) is 6. The Balaban J connectivity index is 1.46. The lowest BCUT2D eigenvalue weighted by atomic mass is 10.1. The van der Waals surface area contributed by atoms with Crippen molar-refractivity contribution in [2.75, 3.05) is 12.3 Å². The van der Waals surface area contributed by atoms with Crippen LogP contribution in [0.5, 0.6) is 5.75 Å². The highest BCUT2D eigenvalue weighted by atomic mass is 32.2. The molecular weight excluding hydrogens is 338 g/mol. The maximum Gasteiger partial charge on any atom is 0.236 e. The van der Waals surface area contributed by atoms with Crippen molar-refractivity contribution in [2.24, 2.45) is 0 Å². The third kappa shape index (κ3) is 3.22. The fourth-order valence-electron chi connectivity index (χ4n) is 3.39. The summed E-state index contributed by atoms with van der Waals surface area (Å²) in [4.78, 5) is 18.7. The lowest BCUT2D eigenvalue weighted by Crippen LogP contribution is -2.44. The van der Waals surface area contributed by atoms with Gasteiger partial charge in [-0.15, -0.1) is 22.0 Å². The maximum atomic E-state index is 12.8. The zero-order valence-electron chi connectivity index (χ0n) is 14.2. The van der Waals surface area contributed by atoms with Crippen LogP contribution in [-0.4, -0.2) is 48.1 Å². The van der Waals surface area contributed by atoms with E-state index in [1.807, 2.05) is 24.0 Å². The summed E-state index contributed by atoms with van der Waals surface area (Å²) < 4.78 is 7.81. The molecule has 0 aromatic carbocycles. The fraction of sp³-hybridized carbons (Fsp3) is 0.529. The molecule has 2 aliphatic heterocycles. The number of fused-ring (bicyclic) bond motifs is 1. The van der Waals surface area contributed by atoms with Crippen molar-refractivity contribution in [3.8, 4) is 5.75 Å². The number of pyridine rings is 1. The van der Waals surface area contributed by atoms with E-state index in [-0.39, 0.29) is 17.2 Å². The van der Waals surface area contributed by atoms with Crippen molar-refractivity contribution in [2.45, 2.75) is 44.2 Å². The van der Waals surface area contributed by atoms with E-state index in [1.54, 1.807) is 24.2 Å². The monoisotopic (exact) mass is 359 g/mol. The molecule has 2 aliphatic rings. The normalized spacial score (nSPS) is 22.7. The van der Waals surface area contributed by atoms with E-state index >= 15 is 0 Å². The summed E-state index contributed by atoms with van der Waals surface area (Å²) in [6.07, 6.45) is 5.51. The molecule has 7 nitrogen and oxygen atoms in total. The number of rotatable bonds is 4. The highest BCUT2D eigenvalue weighted by Gasteiger charge is 2.35. The van der Waals surface area contributed by atoms with Crippen LogP contribution in [0.4, 0.5) is 0 Å². The standard InChI is InChI=1S/C17H21N5O2S/c1-12-16-20-19-15(11-24-13-4-2-6-18-10-13)22(16)8-7-21(12)17(23)14-5-3-9-25-14/h2,4,6,10,12,14H,3,5,7-9,11H2,1H3/t12-,14+/m1/s1. The Morgan fingerprint density at radius 3 is 3.08 bits per heavy atom. The minimum Gasteiger partial charge on any atom is -0.484 e. The lowest BCUT2D eigenvalue weighted by Gasteiger charge is -2.35. The Morgan fingerprint density at radius 2 is 2.32 bits per heavy atom. The highest BCUT2D eigenvalue weighted by Crippen LogP contribution is 2.32. The minimum absolute atomic E-state index is 0.0536. The van der Waals surface area contributed by atoms with Crippen LogP contribution in [0, 0.1) is 0 Å². The van der Waals surface area contributed by atoms with Crippen LogP contribution in [0.3, 0.4) is 0 Å². The van der Waals surface area contributed by atoms with E-state index in [9.17, 15) is 4.79 Å². The molecule has 0 spiro atoms. The number of carbonyl (C=O) groups excluding carboxylic acids is 1. The summed E-state index contributed by atoms with van der Waals surface area (Å²) in [6, 6.07) is 3.64. The molecule has 4 heterocycles. The van der Waals surface area contributed by atoms with Gasteiger partial charge in [-0.1, -0.05) is 0 Å². The molecule has 0 aliphatic carbocycles. The van der Waals surface area contributed by atoms with E-state index in [0.29, 0.717) is 25.4 Å². The molecule has 25 heavy (non-hydrogen) atoms. The van der Waals surface area contributed by atoms with Gasteiger partial charge in [0.25, 0.3) is 0 Å². The van der Waals surface area contributed by atoms with Crippen LogP contribution < -0.4 is 4.74 Å². The first-order valence-electron chi connectivity index (χ1n) is 8.61. The molecule has 1 fully saturated rings. The average molecular weight is 359 g/mol. The Labute approximate surface area is 150 Å². The molecule has 2 aromatic heterocycles. The number of amides is 1. The second-order valence-electron chi connectivity index (χ2n) is 6.31. The van der Waals surface area contributed by atoms with Crippen LogP contribution in [0.15, 0.2) is 24.5 Å². The molecule has 0 radical (unpaired) electrons. The van der Waals surface area contributed by atoms with Crippen LogP contribution in [0.1, 0.15) is 37.5 Å². The van der Waals surface area contributed by atoms with Crippen LogP contribution >= 0.6 is 11.8 Å². The summed E-state index contributed by atoms with van der Waals surface area (Å²) in [7, 11) is 0. The molecule has 1 saturated heterocycles. The van der Waals surface area contributed by atoms with Gasteiger partial charge in [0.05, 0.1) is 17.5 Å². The predicted molar refractivity (Wildman–Crippen MR) is 94.2 cm³/mol. The second-order valence-corrected chi connectivity index (χ2v) is 7.62. The van der Waals surface area contributed by atoms with Crippen molar-refractivity contribution >= 4 is 17.7 Å². The molecule has 2 aromatic rings. The van der Waals surface area contributed by atoms with E-state index in [0.717, 1.165) is 30.2 Å². The summed E-state index contributed by atoms with van der Waals surface area (Å²) in [5, 5.41) is 8.72. The Hall–Kier alpha value is -2.09. The molecule has 0 bridgehead atoms. The molecule has 0 N–H and O–H groups in total. The minimum atomic E-state index is -0.0536. The van der Waals surface area contributed by atoms with Gasteiger partial charge in [-0.05, 0) is 37.7 Å². The Morgan fingerprint density at radius 1 is 1.40 bits per heavy atom. The number of thioether (sulfide) groups is 1. The smallest absolute Gasteiger partial charge is 0.236 e. The molecule has 132 valence electrons. The van der Waals surface area contributed by atoms with Gasteiger partial charge < -0.3 is 14.2 Å². The number of carbonyl (C=O) groups is 1.